The number of hydrogen-bond donors (Lipinski definition) is 1. The van der Waals surface area contributed by atoms with E-state index in [0.717, 1.165) is 48.5 Å². The molecule has 0 aliphatic carbocycles. The number of fused-ring (bicyclic) bond motifs is 2. The molecule has 0 atom stereocenters. The van der Waals surface area contributed by atoms with Crippen molar-refractivity contribution in [3.63, 3.8) is 0 Å². The lowest BCUT2D eigenvalue weighted by atomic mass is 9.87. The highest BCUT2D eigenvalue weighted by Gasteiger charge is 2.16. The maximum atomic E-state index is 6.21. The summed E-state index contributed by atoms with van der Waals surface area (Å²) >= 11 is 5.24. The van der Waals surface area contributed by atoms with Crippen molar-refractivity contribution in [1.82, 2.24) is 9.97 Å². The van der Waals surface area contributed by atoms with Gasteiger partial charge >= 0.3 is 0 Å². The van der Waals surface area contributed by atoms with E-state index in [4.69, 9.17) is 15.7 Å². The molecule has 0 unspecified atom stereocenters. The molecule has 0 bridgehead atoms. The van der Waals surface area contributed by atoms with Crippen LogP contribution in [0.2, 0.25) is 0 Å². The largest absolute Gasteiger partial charge is 0.398 e. The van der Waals surface area contributed by atoms with Gasteiger partial charge in [-0.25, -0.2) is 9.97 Å². The zero-order chi connectivity index (χ0) is 34.1. The molecule has 0 spiro atoms. The SMILES string of the molecule is Nc1ccccc1SCc1ccc(-c2cccc(-c3ccc(-c4nc5ccccc5s4)cc3)c2-c2ccc(-c3nc4ccccc4s3)cc2)cc1. The maximum Gasteiger partial charge on any atom is 0.124 e. The molecule has 9 aromatic rings. The fourth-order valence-electron chi connectivity index (χ4n) is 6.46. The van der Waals surface area contributed by atoms with Gasteiger partial charge in [-0.05, 0) is 75.3 Å². The first-order chi connectivity index (χ1) is 25.2. The van der Waals surface area contributed by atoms with Crippen LogP contribution in [0.4, 0.5) is 5.69 Å². The van der Waals surface area contributed by atoms with E-state index >= 15 is 0 Å². The van der Waals surface area contributed by atoms with Crippen LogP contribution in [-0.2, 0) is 5.75 Å². The van der Waals surface area contributed by atoms with Gasteiger partial charge in [-0.3, -0.25) is 0 Å². The molecule has 51 heavy (non-hydrogen) atoms. The van der Waals surface area contributed by atoms with Gasteiger partial charge in [0.2, 0.25) is 0 Å². The van der Waals surface area contributed by atoms with Crippen molar-refractivity contribution in [2.45, 2.75) is 10.6 Å². The van der Waals surface area contributed by atoms with Gasteiger partial charge in [-0.15, -0.1) is 34.4 Å². The first-order valence-corrected chi connectivity index (χ1v) is 19.4. The molecule has 9 rings (SSSR count). The minimum absolute atomic E-state index is 0.822. The van der Waals surface area contributed by atoms with Gasteiger partial charge in [0.15, 0.2) is 0 Å². The fourth-order valence-corrected chi connectivity index (χ4v) is 9.33. The summed E-state index contributed by atoms with van der Waals surface area (Å²) in [6.45, 7) is 0. The van der Waals surface area contributed by atoms with Crippen LogP contribution >= 0.6 is 34.4 Å². The minimum Gasteiger partial charge on any atom is -0.398 e. The summed E-state index contributed by atoms with van der Waals surface area (Å²) in [5, 5.41) is 2.07. The Labute approximate surface area is 309 Å². The van der Waals surface area contributed by atoms with E-state index in [-0.39, 0.29) is 0 Å². The summed E-state index contributed by atoms with van der Waals surface area (Å²) in [5.41, 5.74) is 19.7. The Hall–Kier alpha value is -5.53. The Balaban J connectivity index is 1.09. The van der Waals surface area contributed by atoms with E-state index < -0.39 is 0 Å². The van der Waals surface area contributed by atoms with Gasteiger partial charge in [0.25, 0.3) is 0 Å². The van der Waals surface area contributed by atoms with E-state index in [9.17, 15) is 0 Å². The van der Waals surface area contributed by atoms with Crippen molar-refractivity contribution in [2.24, 2.45) is 0 Å². The lowest BCUT2D eigenvalue weighted by Gasteiger charge is -2.17. The standard InChI is InChI=1S/C45H31N3S3/c46-37-10-1-4-13-40(37)49-28-29-16-18-30(19-17-29)35-8-7-9-36(31-20-24-33(25-21-31)44-47-38-11-2-5-14-41(38)50-44)43(35)32-22-26-34(27-23-32)45-48-39-12-3-6-15-42(39)51-45/h1-27H,28,46H2. The molecule has 0 aliphatic rings. The number of thioether (sulfide) groups is 1. The van der Waals surface area contributed by atoms with Crippen LogP contribution in [0.25, 0.3) is 75.0 Å². The van der Waals surface area contributed by atoms with Crippen LogP contribution in [-0.4, -0.2) is 9.97 Å². The van der Waals surface area contributed by atoms with Crippen molar-refractivity contribution in [3.05, 3.63) is 169 Å². The van der Waals surface area contributed by atoms with Gasteiger partial charge in [-0.2, -0.15) is 0 Å². The van der Waals surface area contributed by atoms with Crippen LogP contribution < -0.4 is 5.73 Å². The number of aromatic nitrogens is 2. The van der Waals surface area contributed by atoms with E-state index in [1.165, 1.54) is 48.3 Å². The Morgan fingerprint density at radius 2 is 0.922 bits per heavy atom. The van der Waals surface area contributed by atoms with Gasteiger partial charge < -0.3 is 5.73 Å². The second kappa shape index (κ2) is 13.6. The third-order valence-corrected chi connectivity index (χ3v) is 12.4. The number of thiazole rings is 2. The summed E-state index contributed by atoms with van der Waals surface area (Å²) < 4.78 is 2.40. The van der Waals surface area contributed by atoms with Gasteiger partial charge in [0.1, 0.15) is 10.0 Å². The molecule has 7 aromatic carbocycles. The molecule has 0 amide bonds. The molecule has 244 valence electrons. The van der Waals surface area contributed by atoms with Crippen LogP contribution in [0.5, 0.6) is 0 Å². The topological polar surface area (TPSA) is 51.8 Å². The molecule has 0 aliphatic heterocycles. The van der Waals surface area contributed by atoms with Gasteiger partial charge in [0, 0.05) is 27.5 Å². The summed E-state index contributed by atoms with van der Waals surface area (Å²) in [7, 11) is 0. The highest BCUT2D eigenvalue weighted by molar-refractivity contribution is 7.98. The molecule has 2 heterocycles. The van der Waals surface area contributed by atoms with Crippen molar-refractivity contribution >= 4 is 60.6 Å². The predicted molar refractivity (Wildman–Crippen MR) is 220 cm³/mol. The lowest BCUT2D eigenvalue weighted by molar-refractivity contribution is 1.38. The number of benzene rings is 7. The van der Waals surface area contributed by atoms with Crippen LogP contribution in [0.15, 0.2) is 169 Å². The third kappa shape index (κ3) is 6.34. The first-order valence-electron chi connectivity index (χ1n) is 16.8. The van der Waals surface area contributed by atoms with Gasteiger partial charge in [0.05, 0.1) is 20.4 Å². The van der Waals surface area contributed by atoms with Crippen LogP contribution in [0.1, 0.15) is 5.56 Å². The molecule has 0 saturated carbocycles. The molecule has 0 saturated heterocycles. The minimum atomic E-state index is 0.822. The van der Waals surface area contributed by atoms with E-state index in [0.29, 0.717) is 0 Å². The zero-order valence-electron chi connectivity index (χ0n) is 27.5. The molecular weight excluding hydrogens is 679 g/mol. The zero-order valence-corrected chi connectivity index (χ0v) is 29.9. The van der Waals surface area contributed by atoms with Crippen molar-refractivity contribution in [3.8, 4) is 54.5 Å². The highest BCUT2D eigenvalue weighted by Crippen LogP contribution is 2.42. The van der Waals surface area contributed by atoms with E-state index in [2.05, 4.69) is 133 Å². The Bertz CT molecular complexity index is 2570. The number of anilines is 1. The molecule has 2 aromatic heterocycles. The Morgan fingerprint density at radius 3 is 1.47 bits per heavy atom. The predicted octanol–water partition coefficient (Wildman–Crippen LogP) is 13.1. The number of nitrogens with two attached hydrogens (primary N) is 1. The molecule has 0 radical (unpaired) electrons. The van der Waals surface area contributed by atoms with Gasteiger partial charge in [-0.1, -0.05) is 127 Å². The molecular formula is C45H31N3S3. The summed E-state index contributed by atoms with van der Waals surface area (Å²) in [6.07, 6.45) is 0. The molecule has 6 heteroatoms. The van der Waals surface area contributed by atoms with Crippen molar-refractivity contribution in [1.29, 1.82) is 0 Å². The van der Waals surface area contributed by atoms with Crippen molar-refractivity contribution < 1.29 is 0 Å². The average molecular weight is 710 g/mol. The average Bonchev–Trinajstić information content (AvgIpc) is 3.83. The lowest BCUT2D eigenvalue weighted by Crippen LogP contribution is -1.92. The third-order valence-electron chi connectivity index (χ3n) is 9.09. The summed E-state index contributed by atoms with van der Waals surface area (Å²) in [6, 6.07) is 58.1. The number of nitrogen functional groups attached to an aromatic ring is 1. The van der Waals surface area contributed by atoms with Crippen LogP contribution in [0, 0.1) is 0 Å². The molecule has 2 N–H and O–H groups in total. The molecule has 0 fully saturated rings. The normalized spacial score (nSPS) is 11.4. The second-order valence-electron chi connectivity index (χ2n) is 12.4. The molecule has 3 nitrogen and oxygen atoms in total. The monoisotopic (exact) mass is 709 g/mol. The second-order valence-corrected chi connectivity index (χ2v) is 15.5. The quantitative estimate of drug-likeness (QED) is 0.126. The number of hydrogen-bond acceptors (Lipinski definition) is 6. The highest BCUT2D eigenvalue weighted by atomic mass is 32.2. The van der Waals surface area contributed by atoms with E-state index in [1.54, 1.807) is 34.4 Å². The van der Waals surface area contributed by atoms with E-state index in [1.807, 2.05) is 30.3 Å². The maximum absolute atomic E-state index is 6.21. The number of rotatable bonds is 8. The number of para-hydroxylation sites is 3. The number of nitrogens with zero attached hydrogens (tertiary/aromatic N) is 2. The smallest absolute Gasteiger partial charge is 0.124 e. The van der Waals surface area contributed by atoms with Crippen molar-refractivity contribution in [2.75, 3.05) is 5.73 Å². The Morgan fingerprint density at radius 1 is 0.451 bits per heavy atom. The Kier molecular flexibility index (Phi) is 8.42. The first kappa shape index (κ1) is 31.5. The summed E-state index contributed by atoms with van der Waals surface area (Å²) in [4.78, 5) is 10.9. The van der Waals surface area contributed by atoms with Crippen LogP contribution in [0.3, 0.4) is 0 Å². The fraction of sp³-hybridized carbons (Fsp3) is 0.0222. The summed E-state index contributed by atoms with van der Waals surface area (Å²) in [5.74, 6) is 0.857.